The van der Waals surface area contributed by atoms with Gasteiger partial charge in [0.2, 0.25) is 5.91 Å². The Hall–Kier alpha value is -1.79. The quantitative estimate of drug-likeness (QED) is 0.603. The highest BCUT2D eigenvalue weighted by molar-refractivity contribution is 5.87. The molecule has 1 aliphatic carbocycles. The normalized spacial score (nSPS) is 17.7. The van der Waals surface area contributed by atoms with Crippen LogP contribution in [0.3, 0.4) is 0 Å². The summed E-state index contributed by atoms with van der Waals surface area (Å²) < 4.78 is 0. The number of hydrogen-bond acceptors (Lipinski definition) is 3. The molecule has 1 saturated carbocycles. The van der Waals surface area contributed by atoms with Crippen molar-refractivity contribution in [3.63, 3.8) is 0 Å². The maximum absolute atomic E-state index is 12.0. The van der Waals surface area contributed by atoms with Crippen LogP contribution in [0.1, 0.15) is 46.0 Å². The van der Waals surface area contributed by atoms with Gasteiger partial charge in [0.05, 0.1) is 5.41 Å². The molecule has 7 heteroatoms. The first-order valence-electron chi connectivity index (χ1n) is 7.25. The Morgan fingerprint density at radius 2 is 1.71 bits per heavy atom. The Morgan fingerprint density at radius 3 is 2.19 bits per heavy atom. The average molecular weight is 299 g/mol. The highest BCUT2D eigenvalue weighted by Gasteiger charge is 2.41. The predicted octanol–water partition coefficient (Wildman–Crippen LogP) is 0.845. The molecule has 0 radical (unpaired) electrons. The summed E-state index contributed by atoms with van der Waals surface area (Å²) in [6, 6.07) is -0.545. The number of nitrogens with one attached hydrogen (secondary N) is 3. The van der Waals surface area contributed by atoms with Crippen molar-refractivity contribution in [2.75, 3.05) is 13.6 Å². The average Bonchev–Trinajstić information content (AvgIpc) is 2.45. The molecule has 4 N–H and O–H groups in total. The van der Waals surface area contributed by atoms with E-state index in [1.165, 1.54) is 7.05 Å². The van der Waals surface area contributed by atoms with Gasteiger partial charge in [0.1, 0.15) is 5.54 Å². The molecule has 21 heavy (non-hydrogen) atoms. The fourth-order valence-corrected chi connectivity index (χ4v) is 2.53. The van der Waals surface area contributed by atoms with Crippen LogP contribution in [0.15, 0.2) is 0 Å². The number of rotatable bonds is 5. The summed E-state index contributed by atoms with van der Waals surface area (Å²) in [5, 5.41) is 17.1. The van der Waals surface area contributed by atoms with E-state index in [1.54, 1.807) is 13.8 Å². The molecule has 0 aromatic rings. The lowest BCUT2D eigenvalue weighted by atomic mass is 9.82. The van der Waals surface area contributed by atoms with E-state index < -0.39 is 23.0 Å². The van der Waals surface area contributed by atoms with Crippen LogP contribution >= 0.6 is 0 Å². The van der Waals surface area contributed by atoms with Gasteiger partial charge < -0.3 is 21.1 Å². The van der Waals surface area contributed by atoms with Crippen LogP contribution in [0.4, 0.5) is 4.79 Å². The first kappa shape index (κ1) is 17.3. The minimum Gasteiger partial charge on any atom is -0.480 e. The molecule has 0 unspecified atom stereocenters. The van der Waals surface area contributed by atoms with E-state index >= 15 is 0 Å². The molecule has 120 valence electrons. The van der Waals surface area contributed by atoms with Crippen LogP contribution in [0.2, 0.25) is 0 Å². The van der Waals surface area contributed by atoms with Crippen LogP contribution in [-0.4, -0.2) is 42.1 Å². The highest BCUT2D eigenvalue weighted by atomic mass is 16.4. The summed E-state index contributed by atoms with van der Waals surface area (Å²) in [7, 11) is 1.53. The summed E-state index contributed by atoms with van der Waals surface area (Å²) >= 11 is 0. The van der Waals surface area contributed by atoms with Gasteiger partial charge in [-0.15, -0.1) is 0 Å². The Balaban J connectivity index is 2.59. The minimum absolute atomic E-state index is 0.133. The van der Waals surface area contributed by atoms with Gasteiger partial charge in [-0.05, 0) is 26.7 Å². The number of carbonyl (C=O) groups excluding carboxylic acids is 2. The molecule has 0 aliphatic heterocycles. The molecule has 1 rings (SSSR count). The van der Waals surface area contributed by atoms with Gasteiger partial charge >= 0.3 is 12.0 Å². The smallest absolute Gasteiger partial charge is 0.329 e. The Labute approximate surface area is 124 Å². The number of amides is 3. The second kappa shape index (κ2) is 6.78. The summed E-state index contributed by atoms with van der Waals surface area (Å²) in [6.45, 7) is 3.55. The van der Waals surface area contributed by atoms with Crippen molar-refractivity contribution < 1.29 is 19.5 Å². The van der Waals surface area contributed by atoms with Gasteiger partial charge in [0, 0.05) is 13.6 Å². The first-order valence-corrected chi connectivity index (χ1v) is 7.25. The second-order valence-electron chi connectivity index (χ2n) is 6.22. The third kappa shape index (κ3) is 4.34. The van der Waals surface area contributed by atoms with Crippen molar-refractivity contribution in [1.82, 2.24) is 16.0 Å². The molecule has 0 spiro atoms. The number of carboxylic acid groups (broad SMARTS) is 1. The lowest BCUT2D eigenvalue weighted by Crippen LogP contribution is -2.59. The molecule has 3 amide bonds. The van der Waals surface area contributed by atoms with Gasteiger partial charge in [0.25, 0.3) is 0 Å². The van der Waals surface area contributed by atoms with Crippen LogP contribution in [-0.2, 0) is 9.59 Å². The highest BCUT2D eigenvalue weighted by Crippen LogP contribution is 2.28. The standard InChI is InChI=1S/C14H25N3O4/c1-13(2,10(18)15-3)9-16-12(21)17-14(11(19)20)7-5-4-6-8-14/h4-9H2,1-3H3,(H,15,18)(H,19,20)(H2,16,17,21). The molecule has 1 aliphatic rings. The zero-order chi connectivity index (χ0) is 16.1. The monoisotopic (exact) mass is 299 g/mol. The lowest BCUT2D eigenvalue weighted by Gasteiger charge is -2.34. The van der Waals surface area contributed by atoms with Crippen LogP contribution in [0.25, 0.3) is 0 Å². The Morgan fingerprint density at radius 1 is 1.14 bits per heavy atom. The van der Waals surface area contributed by atoms with Gasteiger partial charge in [-0.2, -0.15) is 0 Å². The maximum Gasteiger partial charge on any atom is 0.329 e. The van der Waals surface area contributed by atoms with E-state index in [1.807, 2.05) is 0 Å². The molecule has 0 saturated heterocycles. The Kier molecular flexibility index (Phi) is 5.57. The third-order valence-electron chi connectivity index (χ3n) is 4.00. The van der Waals surface area contributed by atoms with Crippen molar-refractivity contribution in [1.29, 1.82) is 0 Å². The van der Waals surface area contributed by atoms with Gasteiger partial charge in [-0.1, -0.05) is 19.3 Å². The molecular formula is C14H25N3O4. The van der Waals surface area contributed by atoms with E-state index in [9.17, 15) is 19.5 Å². The molecule has 0 aromatic heterocycles. The molecule has 0 aromatic carbocycles. The lowest BCUT2D eigenvalue weighted by molar-refractivity contribution is -0.145. The van der Waals surface area contributed by atoms with E-state index in [0.717, 1.165) is 19.3 Å². The van der Waals surface area contributed by atoms with Crippen molar-refractivity contribution >= 4 is 17.9 Å². The number of carboxylic acids is 1. The van der Waals surface area contributed by atoms with Gasteiger partial charge in [-0.3, -0.25) is 4.79 Å². The van der Waals surface area contributed by atoms with E-state index in [4.69, 9.17) is 0 Å². The van der Waals surface area contributed by atoms with Crippen molar-refractivity contribution in [3.8, 4) is 0 Å². The zero-order valence-electron chi connectivity index (χ0n) is 12.9. The van der Waals surface area contributed by atoms with E-state index in [2.05, 4.69) is 16.0 Å². The molecule has 7 nitrogen and oxygen atoms in total. The largest absolute Gasteiger partial charge is 0.480 e. The molecule has 0 atom stereocenters. The van der Waals surface area contributed by atoms with Crippen molar-refractivity contribution in [2.45, 2.75) is 51.5 Å². The maximum atomic E-state index is 12.0. The zero-order valence-corrected chi connectivity index (χ0v) is 12.9. The van der Waals surface area contributed by atoms with Crippen molar-refractivity contribution in [3.05, 3.63) is 0 Å². The second-order valence-corrected chi connectivity index (χ2v) is 6.22. The fourth-order valence-electron chi connectivity index (χ4n) is 2.53. The third-order valence-corrected chi connectivity index (χ3v) is 4.00. The fraction of sp³-hybridized carbons (Fsp3) is 0.786. The van der Waals surface area contributed by atoms with Crippen molar-refractivity contribution in [2.24, 2.45) is 5.41 Å². The molecule has 0 heterocycles. The van der Waals surface area contributed by atoms with Crippen LogP contribution < -0.4 is 16.0 Å². The Bertz CT molecular complexity index is 414. The topological polar surface area (TPSA) is 108 Å². The molecule has 1 fully saturated rings. The number of hydrogen-bond donors (Lipinski definition) is 4. The number of urea groups is 1. The SMILES string of the molecule is CNC(=O)C(C)(C)CNC(=O)NC1(C(=O)O)CCCCC1. The van der Waals surface area contributed by atoms with E-state index in [0.29, 0.717) is 12.8 Å². The van der Waals surface area contributed by atoms with Crippen LogP contribution in [0, 0.1) is 5.41 Å². The summed E-state index contributed by atoms with van der Waals surface area (Å²) in [5.41, 5.74) is -1.94. The molecular weight excluding hydrogens is 274 g/mol. The van der Waals surface area contributed by atoms with Gasteiger partial charge in [0.15, 0.2) is 0 Å². The number of carbonyl (C=O) groups is 3. The number of aliphatic carboxylic acids is 1. The van der Waals surface area contributed by atoms with E-state index in [-0.39, 0.29) is 12.5 Å². The summed E-state index contributed by atoms with van der Waals surface area (Å²) in [4.78, 5) is 35.1. The predicted molar refractivity (Wildman–Crippen MR) is 77.8 cm³/mol. The van der Waals surface area contributed by atoms with Crippen LogP contribution in [0.5, 0.6) is 0 Å². The summed E-state index contributed by atoms with van der Waals surface area (Å²) in [6.07, 6.45) is 3.44. The molecule has 0 bridgehead atoms. The minimum atomic E-state index is -1.18. The van der Waals surface area contributed by atoms with Gasteiger partial charge in [-0.25, -0.2) is 9.59 Å². The summed E-state index contributed by atoms with van der Waals surface area (Å²) in [5.74, 6) is -1.18. The first-order chi connectivity index (χ1) is 9.73.